The second kappa shape index (κ2) is 10.7. The number of ether oxygens (including phenoxy) is 1. The largest absolute Gasteiger partial charge is 0.458 e. The van der Waals surface area contributed by atoms with Crippen molar-refractivity contribution in [1.29, 1.82) is 0 Å². The number of fused-ring (bicyclic) bond motifs is 1. The number of aliphatic hydroxyl groups is 2. The van der Waals surface area contributed by atoms with Crippen LogP contribution in [-0.4, -0.2) is 45.3 Å². The highest BCUT2D eigenvalue weighted by atomic mass is 32.1. The van der Waals surface area contributed by atoms with Gasteiger partial charge in [0.1, 0.15) is 11.9 Å². The maximum absolute atomic E-state index is 13.2. The molecule has 1 aromatic rings. The van der Waals surface area contributed by atoms with E-state index in [9.17, 15) is 19.8 Å². The van der Waals surface area contributed by atoms with Gasteiger partial charge in [-0.1, -0.05) is 46.8 Å². The molecule has 2 aliphatic rings. The SMILES string of the molecule is C/C(=C\c1csc(C)n1)[C@@H]1CC2CC2(C)C/C=C/[C@H](C)[C@H](O)[C@@H](C)C(=O)C(C)(C)[C@@H](O)CC(=O)O1. The molecule has 6 nitrogen and oxygen atoms in total. The normalized spacial score (nSPS) is 37.9. The second-order valence-electron chi connectivity index (χ2n) is 11.5. The molecular weight excluding hydrogens is 462 g/mol. The van der Waals surface area contributed by atoms with E-state index in [1.54, 1.807) is 32.1 Å². The molecule has 0 radical (unpaired) electrons. The lowest BCUT2D eigenvalue weighted by Gasteiger charge is -2.34. The van der Waals surface area contributed by atoms with Crippen molar-refractivity contribution < 1.29 is 24.5 Å². The number of hydrogen-bond donors (Lipinski definition) is 2. The topological polar surface area (TPSA) is 96.7 Å². The van der Waals surface area contributed by atoms with E-state index in [-0.39, 0.29) is 23.5 Å². The molecule has 194 valence electrons. The number of nitrogens with zero attached hydrogens (tertiary/aromatic N) is 1. The Balaban J connectivity index is 1.89. The molecule has 0 aromatic carbocycles. The number of Topliss-reactive ketones (excluding diaryl/α,β-unsaturated/α-hetero) is 1. The minimum absolute atomic E-state index is 0.114. The number of carbonyl (C=O) groups excluding carboxylic acids is 2. The van der Waals surface area contributed by atoms with Gasteiger partial charge in [-0.15, -0.1) is 11.3 Å². The quantitative estimate of drug-likeness (QED) is 0.429. The molecule has 0 saturated heterocycles. The van der Waals surface area contributed by atoms with Crippen molar-refractivity contribution in [3.63, 3.8) is 0 Å². The first-order valence-corrected chi connectivity index (χ1v) is 13.5. The van der Waals surface area contributed by atoms with Crippen LogP contribution in [0.1, 0.15) is 77.9 Å². The van der Waals surface area contributed by atoms with E-state index in [0.717, 1.165) is 29.1 Å². The highest BCUT2D eigenvalue weighted by Gasteiger charge is 2.50. The summed E-state index contributed by atoms with van der Waals surface area (Å²) in [6.07, 6.45) is 5.91. The number of rotatable bonds is 2. The summed E-state index contributed by atoms with van der Waals surface area (Å²) in [5.41, 5.74) is 0.685. The van der Waals surface area contributed by atoms with Crippen LogP contribution >= 0.6 is 11.3 Å². The third-order valence-corrected chi connectivity index (χ3v) is 8.94. The number of aromatic nitrogens is 1. The zero-order valence-electron chi connectivity index (χ0n) is 22.1. The monoisotopic (exact) mass is 503 g/mol. The van der Waals surface area contributed by atoms with Crippen LogP contribution in [0.15, 0.2) is 23.1 Å². The van der Waals surface area contributed by atoms with Gasteiger partial charge < -0.3 is 14.9 Å². The van der Waals surface area contributed by atoms with Crippen molar-refractivity contribution in [2.24, 2.45) is 28.6 Å². The highest BCUT2D eigenvalue weighted by Crippen LogP contribution is 2.58. The van der Waals surface area contributed by atoms with Crippen molar-refractivity contribution in [3.8, 4) is 0 Å². The van der Waals surface area contributed by atoms with Crippen LogP contribution < -0.4 is 0 Å². The number of ketones is 1. The van der Waals surface area contributed by atoms with Crippen LogP contribution in [0.25, 0.3) is 6.08 Å². The maximum atomic E-state index is 13.2. The lowest BCUT2D eigenvalue weighted by atomic mass is 9.73. The number of cyclic esters (lactones) is 1. The number of thiazole rings is 1. The lowest BCUT2D eigenvalue weighted by Crippen LogP contribution is -2.45. The first-order valence-electron chi connectivity index (χ1n) is 12.6. The van der Waals surface area contributed by atoms with Gasteiger partial charge in [-0.2, -0.15) is 0 Å². The predicted octanol–water partition coefficient (Wildman–Crippen LogP) is 5.12. The van der Waals surface area contributed by atoms with Crippen LogP contribution in [0.5, 0.6) is 0 Å². The number of esters is 1. The van der Waals surface area contributed by atoms with E-state index in [1.165, 1.54) is 0 Å². The van der Waals surface area contributed by atoms with Gasteiger partial charge in [0, 0.05) is 17.2 Å². The average Bonchev–Trinajstić information content (AvgIpc) is 3.22. The summed E-state index contributed by atoms with van der Waals surface area (Å²) in [4.78, 5) is 30.7. The lowest BCUT2D eigenvalue weighted by molar-refractivity contribution is -0.154. The average molecular weight is 504 g/mol. The Labute approximate surface area is 213 Å². The number of hydrogen-bond acceptors (Lipinski definition) is 7. The second-order valence-corrected chi connectivity index (χ2v) is 12.6. The minimum Gasteiger partial charge on any atom is -0.458 e. The summed E-state index contributed by atoms with van der Waals surface area (Å²) in [5, 5.41) is 24.6. The van der Waals surface area contributed by atoms with E-state index < -0.39 is 35.6 Å². The Bertz CT molecular complexity index is 995. The van der Waals surface area contributed by atoms with Gasteiger partial charge in [-0.05, 0) is 56.1 Å². The Morgan fingerprint density at radius 3 is 2.54 bits per heavy atom. The molecule has 2 N–H and O–H groups in total. The smallest absolute Gasteiger partial charge is 0.309 e. The van der Waals surface area contributed by atoms with Crippen molar-refractivity contribution in [2.45, 2.75) is 92.5 Å². The van der Waals surface area contributed by atoms with Crippen molar-refractivity contribution in [2.75, 3.05) is 0 Å². The van der Waals surface area contributed by atoms with Gasteiger partial charge in [0.2, 0.25) is 0 Å². The van der Waals surface area contributed by atoms with E-state index in [0.29, 0.717) is 12.3 Å². The Kier molecular flexibility index (Phi) is 8.45. The van der Waals surface area contributed by atoms with E-state index in [1.807, 2.05) is 38.3 Å². The Hall–Kier alpha value is -1.83. The standard InChI is InChI=1S/C28H41NO5S/c1-16-9-8-10-28(7)14-20(28)12-22(17(2)11-21-15-35-19(4)29-21)34-24(31)13-23(30)27(5,6)26(33)18(3)25(16)32/h8-9,11,15-16,18,20,22-23,25,30,32H,10,12-14H2,1-7H3/b9-8+,17-11+/t16-,18+,20?,22-,23-,25-,28?/m0/s1. The minimum atomic E-state index is -1.21. The van der Waals surface area contributed by atoms with Crippen LogP contribution in [0, 0.1) is 35.5 Å². The number of aliphatic hydroxyl groups excluding tert-OH is 2. The van der Waals surface area contributed by atoms with Gasteiger partial charge in [0.15, 0.2) is 0 Å². The van der Waals surface area contributed by atoms with Crippen molar-refractivity contribution in [1.82, 2.24) is 4.98 Å². The van der Waals surface area contributed by atoms with Crippen LogP contribution in [0.3, 0.4) is 0 Å². The third kappa shape index (κ3) is 6.49. The van der Waals surface area contributed by atoms with Gasteiger partial charge in [-0.3, -0.25) is 9.59 Å². The van der Waals surface area contributed by atoms with Gasteiger partial charge in [-0.25, -0.2) is 4.98 Å². The molecule has 1 fully saturated rings. The highest BCUT2D eigenvalue weighted by molar-refractivity contribution is 7.09. The summed E-state index contributed by atoms with van der Waals surface area (Å²) in [6.45, 7) is 13.0. The van der Waals surface area contributed by atoms with Crippen molar-refractivity contribution in [3.05, 3.63) is 33.8 Å². The number of allylic oxidation sites excluding steroid dienone is 1. The first kappa shape index (κ1) is 27.8. The van der Waals surface area contributed by atoms with E-state index >= 15 is 0 Å². The van der Waals surface area contributed by atoms with Crippen molar-refractivity contribution >= 4 is 29.2 Å². The fraction of sp³-hybridized carbons (Fsp3) is 0.679. The predicted molar refractivity (Wildman–Crippen MR) is 139 cm³/mol. The fourth-order valence-electron chi connectivity index (χ4n) is 5.13. The molecule has 2 heterocycles. The van der Waals surface area contributed by atoms with Crippen LogP contribution in [-0.2, 0) is 14.3 Å². The molecule has 7 atom stereocenters. The van der Waals surface area contributed by atoms with Gasteiger partial charge in [0.25, 0.3) is 0 Å². The zero-order valence-corrected chi connectivity index (χ0v) is 22.9. The van der Waals surface area contributed by atoms with E-state index in [2.05, 4.69) is 18.0 Å². The molecular formula is C28H41NO5S. The molecule has 2 unspecified atom stereocenters. The van der Waals surface area contributed by atoms with Crippen LogP contribution in [0.4, 0.5) is 0 Å². The summed E-state index contributed by atoms with van der Waals surface area (Å²) >= 11 is 1.58. The molecule has 7 heteroatoms. The molecule has 1 aliphatic carbocycles. The van der Waals surface area contributed by atoms with Gasteiger partial charge in [0.05, 0.1) is 34.7 Å². The summed E-state index contributed by atoms with van der Waals surface area (Å²) in [5.74, 6) is -1.26. The van der Waals surface area contributed by atoms with Crippen LogP contribution in [0.2, 0.25) is 0 Å². The zero-order chi connectivity index (χ0) is 26.1. The molecule has 1 aliphatic heterocycles. The molecule has 35 heavy (non-hydrogen) atoms. The first-order chi connectivity index (χ1) is 16.2. The number of carbonyl (C=O) groups is 2. The third-order valence-electron chi connectivity index (χ3n) is 8.15. The molecule has 1 saturated carbocycles. The fourth-order valence-corrected chi connectivity index (χ4v) is 5.70. The number of aryl methyl sites for hydroxylation is 1. The molecule has 1 aromatic heterocycles. The molecule has 0 bridgehead atoms. The summed E-state index contributed by atoms with van der Waals surface area (Å²) in [7, 11) is 0. The van der Waals surface area contributed by atoms with Gasteiger partial charge >= 0.3 is 5.97 Å². The Morgan fingerprint density at radius 1 is 1.23 bits per heavy atom. The summed E-state index contributed by atoms with van der Waals surface area (Å²) < 4.78 is 5.93. The maximum Gasteiger partial charge on any atom is 0.309 e. The van der Waals surface area contributed by atoms with E-state index in [4.69, 9.17) is 4.74 Å². The molecule has 3 rings (SSSR count). The molecule has 0 amide bonds. The summed E-state index contributed by atoms with van der Waals surface area (Å²) in [6, 6.07) is 0. The Morgan fingerprint density at radius 2 is 1.91 bits per heavy atom. The molecule has 0 spiro atoms.